The van der Waals surface area contributed by atoms with Gasteiger partial charge in [0.2, 0.25) is 0 Å². The molecule has 0 aliphatic rings. The summed E-state index contributed by atoms with van der Waals surface area (Å²) in [5.41, 5.74) is 2.48. The van der Waals surface area contributed by atoms with Crippen molar-refractivity contribution in [2.45, 2.75) is 0 Å². The molecule has 2 aromatic heterocycles. The average molecular weight is 247 g/mol. The fraction of sp³-hybridized carbons (Fsp3) is 0. The molecule has 3 aromatic rings. The minimum Gasteiger partial charge on any atom is -0.593 e. The van der Waals surface area contributed by atoms with Crippen LogP contribution in [0.1, 0.15) is 0 Å². The first-order valence-electron chi connectivity index (χ1n) is 5.04. The summed E-state index contributed by atoms with van der Waals surface area (Å²) < 4.78 is 1.91. The van der Waals surface area contributed by atoms with Gasteiger partial charge in [-0.3, -0.25) is 9.38 Å². The van der Waals surface area contributed by atoms with E-state index in [-0.39, 0.29) is 0 Å². The fourth-order valence-corrected chi connectivity index (χ4v) is 2.05. The molecule has 2 N–H and O–H groups in total. The van der Waals surface area contributed by atoms with Gasteiger partial charge < -0.3 is 5.11 Å². The predicted octanol–water partition coefficient (Wildman–Crippen LogP) is 2.49. The highest BCUT2D eigenvalue weighted by Crippen LogP contribution is 2.30. The standard InChI is InChI=1S/C12H8ClN3O/c13-10-5-8(17)1-2-9(10)11-6-14-7-12-15-3-4-16(11)12/h1-7,17H/p+1. The number of hydrogen-bond donors (Lipinski definition) is 0. The number of hydrogen-bond acceptors (Lipinski definition) is 2. The third-order valence-electron chi connectivity index (χ3n) is 2.56. The van der Waals surface area contributed by atoms with Crippen molar-refractivity contribution in [3.8, 4) is 17.0 Å². The number of fused-ring (bicyclic) bond motifs is 1. The van der Waals surface area contributed by atoms with Gasteiger partial charge in [0.25, 0.3) is 5.75 Å². The van der Waals surface area contributed by atoms with Crippen LogP contribution in [0, 0.1) is 0 Å². The monoisotopic (exact) mass is 246 g/mol. The lowest BCUT2D eigenvalue weighted by atomic mass is 10.1. The van der Waals surface area contributed by atoms with E-state index in [0.29, 0.717) is 10.8 Å². The van der Waals surface area contributed by atoms with E-state index in [1.165, 1.54) is 0 Å². The molecule has 0 fully saturated rings. The number of halogens is 1. The molecule has 84 valence electrons. The van der Waals surface area contributed by atoms with Crippen molar-refractivity contribution in [2.24, 2.45) is 0 Å². The first-order chi connectivity index (χ1) is 8.25. The minimum atomic E-state index is 0.393. The zero-order valence-electron chi connectivity index (χ0n) is 8.76. The minimum absolute atomic E-state index is 0.393. The molecule has 0 saturated carbocycles. The zero-order valence-corrected chi connectivity index (χ0v) is 9.52. The Balaban J connectivity index is 2.30. The lowest BCUT2D eigenvalue weighted by Crippen LogP contribution is -1.92. The van der Waals surface area contributed by atoms with Gasteiger partial charge in [-0.05, 0) is 6.07 Å². The summed E-state index contributed by atoms with van der Waals surface area (Å²) in [6.45, 7) is 0. The van der Waals surface area contributed by atoms with E-state index < -0.39 is 0 Å². The molecule has 0 bridgehead atoms. The molecule has 0 atom stereocenters. The molecule has 0 aliphatic carbocycles. The maximum absolute atomic E-state index is 7.51. The third kappa shape index (κ3) is 1.62. The second-order valence-electron chi connectivity index (χ2n) is 3.64. The summed E-state index contributed by atoms with van der Waals surface area (Å²) in [5.74, 6) is 0.393. The van der Waals surface area contributed by atoms with Gasteiger partial charge in [-0.1, -0.05) is 11.6 Å². The highest BCUT2D eigenvalue weighted by molar-refractivity contribution is 6.33. The largest absolute Gasteiger partial charge is 0.593 e. The van der Waals surface area contributed by atoms with Crippen LogP contribution in [0.2, 0.25) is 5.02 Å². The van der Waals surface area contributed by atoms with Gasteiger partial charge in [0.15, 0.2) is 5.65 Å². The van der Waals surface area contributed by atoms with Crippen LogP contribution in [0.3, 0.4) is 0 Å². The topological polar surface area (TPSA) is 53.1 Å². The number of aromatic nitrogens is 3. The summed E-state index contributed by atoms with van der Waals surface area (Å²) in [7, 11) is 0. The van der Waals surface area contributed by atoms with E-state index in [0.717, 1.165) is 16.9 Å². The van der Waals surface area contributed by atoms with Gasteiger partial charge in [0.1, 0.15) is 0 Å². The molecule has 3 rings (SSSR count). The van der Waals surface area contributed by atoms with E-state index in [4.69, 9.17) is 16.7 Å². The molecule has 0 amide bonds. The first-order valence-corrected chi connectivity index (χ1v) is 5.42. The third-order valence-corrected chi connectivity index (χ3v) is 2.87. The van der Waals surface area contributed by atoms with Crippen molar-refractivity contribution in [1.82, 2.24) is 14.4 Å². The number of benzene rings is 1. The summed E-state index contributed by atoms with van der Waals surface area (Å²) in [6.07, 6.45) is 7.00. The summed E-state index contributed by atoms with van der Waals surface area (Å²) in [5, 5.41) is 8.05. The Labute approximate surface area is 102 Å². The Bertz CT molecular complexity index is 693. The van der Waals surface area contributed by atoms with Crippen molar-refractivity contribution in [3.05, 3.63) is 48.0 Å². The van der Waals surface area contributed by atoms with Gasteiger partial charge in [-0.2, -0.15) is 0 Å². The molecule has 0 radical (unpaired) electrons. The molecule has 0 spiro atoms. The van der Waals surface area contributed by atoms with Crippen LogP contribution < -0.4 is 0 Å². The molecular weight excluding hydrogens is 238 g/mol. The number of rotatable bonds is 1. The second kappa shape index (κ2) is 3.75. The maximum atomic E-state index is 7.51. The van der Waals surface area contributed by atoms with Crippen LogP contribution >= 0.6 is 11.6 Å². The SMILES string of the molecule is [OH2+]c1ccc(-c2cncc3nccn23)c(Cl)c1. The molecule has 1 aromatic carbocycles. The normalized spacial score (nSPS) is 10.9. The molecule has 0 unspecified atom stereocenters. The van der Waals surface area contributed by atoms with Crippen LogP contribution in [0.5, 0.6) is 5.75 Å². The van der Waals surface area contributed by atoms with Crippen molar-refractivity contribution in [1.29, 1.82) is 0 Å². The molecule has 0 saturated heterocycles. The van der Waals surface area contributed by atoms with Gasteiger partial charge >= 0.3 is 0 Å². The van der Waals surface area contributed by atoms with Gasteiger partial charge in [0.05, 0.1) is 29.2 Å². The highest BCUT2D eigenvalue weighted by Gasteiger charge is 2.09. The summed E-state index contributed by atoms with van der Waals surface area (Å²) in [6, 6.07) is 5.14. The van der Waals surface area contributed by atoms with Crippen LogP contribution in [0.4, 0.5) is 0 Å². The zero-order chi connectivity index (χ0) is 11.8. The Morgan fingerprint density at radius 3 is 2.94 bits per heavy atom. The second-order valence-corrected chi connectivity index (χ2v) is 4.05. The molecule has 17 heavy (non-hydrogen) atoms. The summed E-state index contributed by atoms with van der Waals surface area (Å²) in [4.78, 5) is 8.31. The van der Waals surface area contributed by atoms with E-state index in [1.54, 1.807) is 30.7 Å². The van der Waals surface area contributed by atoms with E-state index in [1.807, 2.05) is 16.7 Å². The van der Waals surface area contributed by atoms with Crippen LogP contribution in [0.15, 0.2) is 43.0 Å². The van der Waals surface area contributed by atoms with E-state index in [9.17, 15) is 0 Å². The van der Waals surface area contributed by atoms with Crippen molar-refractivity contribution in [3.63, 3.8) is 0 Å². The van der Waals surface area contributed by atoms with Crippen molar-refractivity contribution < 1.29 is 5.11 Å². The quantitative estimate of drug-likeness (QED) is 0.620. The molecule has 2 heterocycles. The van der Waals surface area contributed by atoms with E-state index >= 15 is 0 Å². The Hall–Kier alpha value is -2.07. The number of nitrogens with zero attached hydrogens (tertiary/aromatic N) is 3. The highest BCUT2D eigenvalue weighted by atomic mass is 35.5. The Kier molecular flexibility index (Phi) is 2.23. The van der Waals surface area contributed by atoms with Crippen LogP contribution in [-0.4, -0.2) is 19.5 Å². The van der Waals surface area contributed by atoms with Gasteiger partial charge in [-0.25, -0.2) is 4.98 Å². The molecule has 4 nitrogen and oxygen atoms in total. The number of imidazole rings is 1. The maximum Gasteiger partial charge on any atom is 0.255 e. The molecule has 0 aliphatic heterocycles. The first kappa shape index (κ1) is 10.1. The molecule has 5 heteroatoms. The van der Waals surface area contributed by atoms with Crippen molar-refractivity contribution >= 4 is 17.2 Å². The lowest BCUT2D eigenvalue weighted by Gasteiger charge is -2.06. The van der Waals surface area contributed by atoms with E-state index in [2.05, 4.69) is 9.97 Å². The van der Waals surface area contributed by atoms with Crippen molar-refractivity contribution in [2.75, 3.05) is 0 Å². The Morgan fingerprint density at radius 2 is 2.12 bits per heavy atom. The Morgan fingerprint density at radius 1 is 1.24 bits per heavy atom. The predicted molar refractivity (Wildman–Crippen MR) is 66.5 cm³/mol. The lowest BCUT2D eigenvalue weighted by molar-refractivity contribution is 0.475. The summed E-state index contributed by atoms with van der Waals surface area (Å²) >= 11 is 6.15. The average Bonchev–Trinajstić information content (AvgIpc) is 2.77. The molecular formula is C12H9ClN3O+. The van der Waals surface area contributed by atoms with Crippen LogP contribution in [0.25, 0.3) is 16.9 Å². The van der Waals surface area contributed by atoms with Gasteiger partial charge in [-0.15, -0.1) is 0 Å². The fourth-order valence-electron chi connectivity index (χ4n) is 1.77. The smallest absolute Gasteiger partial charge is 0.255 e. The van der Waals surface area contributed by atoms with Crippen LogP contribution in [-0.2, 0) is 0 Å². The van der Waals surface area contributed by atoms with Gasteiger partial charge in [0, 0.05) is 24.0 Å².